The van der Waals surface area contributed by atoms with Gasteiger partial charge >= 0.3 is 0 Å². The Kier molecular flexibility index (Phi) is 1.62. The summed E-state index contributed by atoms with van der Waals surface area (Å²) in [5, 5.41) is 2.46. The molecule has 0 aromatic rings. The van der Waals surface area contributed by atoms with E-state index in [0.29, 0.717) is 0 Å². The van der Waals surface area contributed by atoms with Crippen LogP contribution in [0.2, 0.25) is 0 Å². The lowest BCUT2D eigenvalue weighted by atomic mass is 9.87. The van der Waals surface area contributed by atoms with E-state index in [9.17, 15) is 4.79 Å². The Bertz CT molecular complexity index is 214. The van der Waals surface area contributed by atoms with Gasteiger partial charge in [0, 0.05) is 0 Å². The SMILES string of the molecule is CC(C)(C)[C@@H]1N=C(N)NC1=O. The minimum atomic E-state index is -0.331. The summed E-state index contributed by atoms with van der Waals surface area (Å²) in [4.78, 5) is 15.1. The Balaban J connectivity index is 2.82. The quantitative estimate of drug-likeness (QED) is 0.510. The normalized spacial score (nSPS) is 24.8. The molecule has 0 aromatic heterocycles. The molecule has 0 aromatic carbocycles. The van der Waals surface area contributed by atoms with Crippen molar-refractivity contribution in [1.82, 2.24) is 5.32 Å². The third-order valence-corrected chi connectivity index (χ3v) is 1.59. The summed E-state index contributed by atoms with van der Waals surface area (Å²) >= 11 is 0. The number of rotatable bonds is 0. The van der Waals surface area contributed by atoms with Gasteiger partial charge in [-0.3, -0.25) is 10.1 Å². The molecule has 1 amide bonds. The molecule has 0 saturated carbocycles. The standard InChI is InChI=1S/C7H13N3O/c1-7(2,3)4-5(11)10-6(8)9-4/h4H,1-3H3,(H3,8,9,10,11)/t4-/m1/s1. The van der Waals surface area contributed by atoms with Crippen LogP contribution in [0.1, 0.15) is 20.8 Å². The second-order valence-corrected chi connectivity index (χ2v) is 3.77. The maximum absolute atomic E-state index is 11.1. The summed E-state index contributed by atoms with van der Waals surface area (Å²) in [6, 6.07) is -0.331. The summed E-state index contributed by atoms with van der Waals surface area (Å²) in [7, 11) is 0. The Hall–Kier alpha value is -1.06. The molecule has 0 radical (unpaired) electrons. The topological polar surface area (TPSA) is 67.5 Å². The number of guanidine groups is 1. The molecule has 0 fully saturated rings. The Morgan fingerprint density at radius 2 is 2.09 bits per heavy atom. The number of carbonyl (C=O) groups excluding carboxylic acids is 1. The largest absolute Gasteiger partial charge is 0.370 e. The number of aliphatic imine (C=N–C) groups is 1. The van der Waals surface area contributed by atoms with Crippen molar-refractivity contribution in [3.63, 3.8) is 0 Å². The number of nitrogens with one attached hydrogen (secondary N) is 1. The van der Waals surface area contributed by atoms with Crippen LogP contribution < -0.4 is 11.1 Å². The van der Waals surface area contributed by atoms with Gasteiger partial charge in [0.15, 0.2) is 5.96 Å². The van der Waals surface area contributed by atoms with E-state index in [2.05, 4.69) is 10.3 Å². The molecule has 3 N–H and O–H groups in total. The van der Waals surface area contributed by atoms with Crippen LogP contribution in [0, 0.1) is 5.41 Å². The van der Waals surface area contributed by atoms with Crippen LogP contribution in [-0.2, 0) is 4.79 Å². The number of amides is 1. The summed E-state index contributed by atoms with van der Waals surface area (Å²) in [6.07, 6.45) is 0. The van der Waals surface area contributed by atoms with Crippen molar-refractivity contribution in [2.45, 2.75) is 26.8 Å². The molecule has 11 heavy (non-hydrogen) atoms. The fourth-order valence-electron chi connectivity index (χ4n) is 1.01. The smallest absolute Gasteiger partial charge is 0.252 e. The van der Waals surface area contributed by atoms with E-state index >= 15 is 0 Å². The maximum atomic E-state index is 11.1. The van der Waals surface area contributed by atoms with Crippen LogP contribution in [-0.4, -0.2) is 17.9 Å². The number of nitrogens with two attached hydrogens (primary N) is 1. The van der Waals surface area contributed by atoms with Gasteiger partial charge in [0.2, 0.25) is 0 Å². The van der Waals surface area contributed by atoms with E-state index in [0.717, 1.165) is 0 Å². The van der Waals surface area contributed by atoms with Gasteiger partial charge in [-0.25, -0.2) is 4.99 Å². The third kappa shape index (κ3) is 1.50. The Morgan fingerprint density at radius 1 is 1.55 bits per heavy atom. The minimum Gasteiger partial charge on any atom is -0.370 e. The highest BCUT2D eigenvalue weighted by Gasteiger charge is 2.35. The molecule has 1 aliphatic heterocycles. The molecular weight excluding hydrogens is 142 g/mol. The first kappa shape index (κ1) is 8.04. The number of hydrogen-bond acceptors (Lipinski definition) is 3. The predicted molar refractivity (Wildman–Crippen MR) is 43.0 cm³/mol. The van der Waals surface area contributed by atoms with E-state index in [1.54, 1.807) is 0 Å². The Morgan fingerprint density at radius 3 is 2.27 bits per heavy atom. The first-order chi connectivity index (χ1) is 4.91. The number of nitrogens with zero attached hydrogens (tertiary/aromatic N) is 1. The number of carbonyl (C=O) groups is 1. The molecule has 0 bridgehead atoms. The molecule has 4 heteroatoms. The van der Waals surface area contributed by atoms with E-state index in [1.807, 2.05) is 20.8 Å². The van der Waals surface area contributed by atoms with Gasteiger partial charge in [-0.15, -0.1) is 0 Å². The molecule has 0 saturated heterocycles. The lowest BCUT2D eigenvalue weighted by Crippen LogP contribution is -2.37. The van der Waals surface area contributed by atoms with Crippen molar-refractivity contribution in [1.29, 1.82) is 0 Å². The second-order valence-electron chi connectivity index (χ2n) is 3.77. The van der Waals surface area contributed by atoms with Crippen molar-refractivity contribution < 1.29 is 4.79 Å². The highest BCUT2D eigenvalue weighted by Crippen LogP contribution is 2.24. The predicted octanol–water partition coefficient (Wildman–Crippen LogP) is -0.154. The summed E-state index contributed by atoms with van der Waals surface area (Å²) in [6.45, 7) is 5.87. The van der Waals surface area contributed by atoms with E-state index in [-0.39, 0.29) is 23.3 Å². The average molecular weight is 155 g/mol. The van der Waals surface area contributed by atoms with Gasteiger partial charge in [-0.1, -0.05) is 20.8 Å². The molecule has 1 heterocycles. The summed E-state index contributed by atoms with van der Waals surface area (Å²) in [5.74, 6) is 0.130. The zero-order valence-electron chi connectivity index (χ0n) is 7.01. The van der Waals surface area contributed by atoms with Crippen LogP contribution >= 0.6 is 0 Å². The minimum absolute atomic E-state index is 0.102. The van der Waals surface area contributed by atoms with Gasteiger partial charge < -0.3 is 5.73 Å². The second kappa shape index (κ2) is 2.22. The molecule has 4 nitrogen and oxygen atoms in total. The van der Waals surface area contributed by atoms with Crippen molar-refractivity contribution in [2.75, 3.05) is 0 Å². The third-order valence-electron chi connectivity index (χ3n) is 1.59. The van der Waals surface area contributed by atoms with Gasteiger partial charge in [-0.05, 0) is 5.41 Å². The molecule has 0 unspecified atom stereocenters. The summed E-state index contributed by atoms with van der Waals surface area (Å²) in [5.41, 5.74) is 5.18. The first-order valence-electron chi connectivity index (χ1n) is 3.55. The van der Waals surface area contributed by atoms with Crippen LogP contribution in [0.25, 0.3) is 0 Å². The number of hydrogen-bond donors (Lipinski definition) is 2. The van der Waals surface area contributed by atoms with Crippen LogP contribution in [0.3, 0.4) is 0 Å². The van der Waals surface area contributed by atoms with Crippen molar-refractivity contribution >= 4 is 11.9 Å². The molecule has 1 rings (SSSR count). The van der Waals surface area contributed by atoms with E-state index in [1.165, 1.54) is 0 Å². The lowest BCUT2D eigenvalue weighted by Gasteiger charge is -2.21. The van der Waals surface area contributed by atoms with Crippen molar-refractivity contribution in [3.05, 3.63) is 0 Å². The van der Waals surface area contributed by atoms with Gasteiger partial charge in [0.25, 0.3) is 5.91 Å². The van der Waals surface area contributed by atoms with Crippen LogP contribution in [0.15, 0.2) is 4.99 Å². The molecule has 0 aliphatic carbocycles. The van der Waals surface area contributed by atoms with Gasteiger partial charge in [0.1, 0.15) is 6.04 Å². The van der Waals surface area contributed by atoms with E-state index < -0.39 is 0 Å². The highest BCUT2D eigenvalue weighted by atomic mass is 16.2. The molecule has 1 aliphatic rings. The van der Waals surface area contributed by atoms with Crippen molar-refractivity contribution in [2.24, 2.45) is 16.1 Å². The zero-order valence-corrected chi connectivity index (χ0v) is 7.01. The first-order valence-corrected chi connectivity index (χ1v) is 3.55. The maximum Gasteiger partial charge on any atom is 0.252 e. The molecular formula is C7H13N3O. The fourth-order valence-corrected chi connectivity index (χ4v) is 1.01. The highest BCUT2D eigenvalue weighted by molar-refractivity contribution is 6.04. The lowest BCUT2D eigenvalue weighted by molar-refractivity contribution is -0.122. The molecule has 1 atom stereocenters. The summed E-state index contributed by atoms with van der Waals surface area (Å²) < 4.78 is 0. The molecule has 0 spiro atoms. The molecule has 62 valence electrons. The van der Waals surface area contributed by atoms with E-state index in [4.69, 9.17) is 5.73 Å². The zero-order chi connectivity index (χ0) is 8.65. The van der Waals surface area contributed by atoms with Gasteiger partial charge in [-0.2, -0.15) is 0 Å². The van der Waals surface area contributed by atoms with Crippen molar-refractivity contribution in [3.8, 4) is 0 Å². The Labute approximate surface area is 65.9 Å². The fraction of sp³-hybridized carbons (Fsp3) is 0.714. The monoisotopic (exact) mass is 155 g/mol. The average Bonchev–Trinajstić information content (AvgIpc) is 2.08. The van der Waals surface area contributed by atoms with Gasteiger partial charge in [0.05, 0.1) is 0 Å². The van der Waals surface area contributed by atoms with Crippen LogP contribution in [0.5, 0.6) is 0 Å². The van der Waals surface area contributed by atoms with Crippen LogP contribution in [0.4, 0.5) is 0 Å².